The van der Waals surface area contributed by atoms with E-state index in [1.807, 2.05) is 6.07 Å². The number of nitro benzene ring substituents is 1. The number of phenols is 1. The van der Waals surface area contributed by atoms with Crippen molar-refractivity contribution in [2.45, 2.75) is 19.8 Å². The Morgan fingerprint density at radius 1 is 1.50 bits per heavy atom. The van der Waals surface area contributed by atoms with Gasteiger partial charge in [0.25, 0.3) is 5.91 Å². The van der Waals surface area contributed by atoms with Crippen molar-refractivity contribution < 1.29 is 19.6 Å². The number of aromatic hydroxyl groups is 1. The maximum atomic E-state index is 12.3. The van der Waals surface area contributed by atoms with Crippen LogP contribution in [0.3, 0.4) is 0 Å². The number of nitrogens with zero attached hydrogens (tertiary/aromatic N) is 3. The maximum absolute atomic E-state index is 12.3. The first-order valence-electron chi connectivity index (χ1n) is 7.53. The molecular formula is C16H17N3O5. The van der Waals surface area contributed by atoms with Gasteiger partial charge in [0.05, 0.1) is 11.5 Å². The molecule has 1 aromatic rings. The quantitative estimate of drug-likeness (QED) is 0.383. The van der Waals surface area contributed by atoms with E-state index < -0.39 is 22.3 Å². The van der Waals surface area contributed by atoms with Crippen molar-refractivity contribution in [2.75, 3.05) is 19.7 Å². The highest BCUT2D eigenvalue weighted by Gasteiger charge is 2.23. The molecule has 24 heavy (non-hydrogen) atoms. The van der Waals surface area contributed by atoms with Crippen LogP contribution >= 0.6 is 0 Å². The number of carbonyl (C=O) groups excluding carboxylic acids is 1. The molecule has 0 spiro atoms. The maximum Gasteiger partial charge on any atom is 0.315 e. The van der Waals surface area contributed by atoms with E-state index >= 15 is 0 Å². The predicted molar refractivity (Wildman–Crippen MR) is 85.3 cm³/mol. The number of phenolic OH excluding ortho intramolecular Hbond substituents is 1. The lowest BCUT2D eigenvalue weighted by molar-refractivity contribution is -0.386. The first kappa shape index (κ1) is 17.3. The summed E-state index contributed by atoms with van der Waals surface area (Å²) in [4.78, 5) is 24.2. The third kappa shape index (κ3) is 3.63. The molecule has 8 heteroatoms. The van der Waals surface area contributed by atoms with Crippen LogP contribution in [-0.2, 0) is 4.79 Å². The molecule has 0 aliphatic carbocycles. The van der Waals surface area contributed by atoms with Crippen molar-refractivity contribution in [3.63, 3.8) is 0 Å². The van der Waals surface area contributed by atoms with E-state index in [9.17, 15) is 25.3 Å². The number of amides is 1. The fourth-order valence-electron chi connectivity index (χ4n) is 2.50. The minimum Gasteiger partial charge on any atom is -0.500 e. The molecule has 1 fully saturated rings. The van der Waals surface area contributed by atoms with Gasteiger partial charge < -0.3 is 14.7 Å². The van der Waals surface area contributed by atoms with Crippen LogP contribution in [0.4, 0.5) is 5.69 Å². The van der Waals surface area contributed by atoms with E-state index in [4.69, 9.17) is 4.74 Å². The number of nitriles is 1. The average molecular weight is 331 g/mol. The normalized spacial score (nSPS) is 14.3. The Morgan fingerprint density at radius 3 is 2.71 bits per heavy atom. The smallest absolute Gasteiger partial charge is 0.315 e. The highest BCUT2D eigenvalue weighted by Crippen LogP contribution is 2.37. The summed E-state index contributed by atoms with van der Waals surface area (Å²) in [5, 5.41) is 30.2. The number of nitro groups is 1. The number of ether oxygens (including phenoxy) is 1. The van der Waals surface area contributed by atoms with Crippen LogP contribution < -0.4 is 4.74 Å². The fraction of sp³-hybridized carbons (Fsp3) is 0.375. The van der Waals surface area contributed by atoms with Crippen molar-refractivity contribution in [2.24, 2.45) is 0 Å². The summed E-state index contributed by atoms with van der Waals surface area (Å²) in [5.41, 5.74) is -0.413. The molecule has 1 saturated heterocycles. The number of rotatable bonds is 5. The van der Waals surface area contributed by atoms with Gasteiger partial charge in [-0.05, 0) is 37.5 Å². The molecule has 1 amide bonds. The molecule has 1 aliphatic rings. The monoisotopic (exact) mass is 331 g/mol. The molecule has 2 rings (SSSR count). The standard InChI is InChI=1S/C16H17N3O5/c1-2-24-14-9-11(8-13(15(14)20)19(22)23)7-12(10-17)16(21)18-5-3-4-6-18/h7-9,20H,2-6H2,1H3/b12-7+. The van der Waals surface area contributed by atoms with Crippen molar-refractivity contribution in [1.29, 1.82) is 5.26 Å². The second-order valence-electron chi connectivity index (χ2n) is 5.25. The van der Waals surface area contributed by atoms with Gasteiger partial charge in [-0.15, -0.1) is 0 Å². The Bertz CT molecular complexity index is 730. The summed E-state index contributed by atoms with van der Waals surface area (Å²) in [6.45, 7) is 3.07. The van der Waals surface area contributed by atoms with Crippen LogP contribution in [-0.4, -0.2) is 40.5 Å². The summed E-state index contributed by atoms with van der Waals surface area (Å²) in [5.74, 6) is -1.05. The van der Waals surface area contributed by atoms with Crippen LogP contribution in [0.25, 0.3) is 6.08 Å². The molecule has 0 unspecified atom stereocenters. The number of likely N-dealkylation sites (tertiary alicyclic amines) is 1. The highest BCUT2D eigenvalue weighted by atomic mass is 16.6. The number of hydrogen-bond donors (Lipinski definition) is 1. The lowest BCUT2D eigenvalue weighted by Gasteiger charge is -2.14. The molecule has 0 saturated carbocycles. The van der Waals surface area contributed by atoms with E-state index in [-0.39, 0.29) is 23.5 Å². The molecule has 1 heterocycles. The Labute approximate surface area is 138 Å². The van der Waals surface area contributed by atoms with Gasteiger partial charge in [0.1, 0.15) is 11.6 Å². The molecule has 0 aromatic heterocycles. The third-order valence-corrected chi connectivity index (χ3v) is 3.63. The molecule has 0 radical (unpaired) electrons. The van der Waals surface area contributed by atoms with Gasteiger partial charge in [-0.1, -0.05) is 0 Å². The zero-order valence-electron chi connectivity index (χ0n) is 13.2. The molecule has 1 N–H and O–H groups in total. The van der Waals surface area contributed by atoms with Gasteiger partial charge in [0.2, 0.25) is 5.75 Å². The molecular weight excluding hydrogens is 314 g/mol. The second kappa shape index (κ2) is 7.46. The van der Waals surface area contributed by atoms with Crippen molar-refractivity contribution in [1.82, 2.24) is 4.90 Å². The largest absolute Gasteiger partial charge is 0.500 e. The summed E-state index contributed by atoms with van der Waals surface area (Å²) < 4.78 is 5.18. The number of hydrogen-bond acceptors (Lipinski definition) is 6. The highest BCUT2D eigenvalue weighted by molar-refractivity contribution is 6.02. The zero-order chi connectivity index (χ0) is 17.7. The summed E-state index contributed by atoms with van der Waals surface area (Å²) in [6.07, 6.45) is 3.06. The number of benzene rings is 1. The van der Waals surface area contributed by atoms with Crippen LogP contribution in [0.1, 0.15) is 25.3 Å². The third-order valence-electron chi connectivity index (χ3n) is 3.63. The van der Waals surface area contributed by atoms with Crippen molar-refractivity contribution >= 4 is 17.7 Å². The Kier molecular flexibility index (Phi) is 5.37. The minimum atomic E-state index is -0.746. The first-order valence-corrected chi connectivity index (χ1v) is 7.53. The molecule has 126 valence electrons. The van der Waals surface area contributed by atoms with Gasteiger partial charge >= 0.3 is 5.69 Å². The Hall–Kier alpha value is -3.08. The van der Waals surface area contributed by atoms with E-state index in [1.165, 1.54) is 12.1 Å². The lowest BCUT2D eigenvalue weighted by Crippen LogP contribution is -2.28. The van der Waals surface area contributed by atoms with Gasteiger partial charge in [-0.25, -0.2) is 0 Å². The van der Waals surface area contributed by atoms with Crippen LogP contribution in [0.15, 0.2) is 17.7 Å². The van der Waals surface area contributed by atoms with E-state index in [0.29, 0.717) is 13.1 Å². The minimum absolute atomic E-state index is 0.0659. The van der Waals surface area contributed by atoms with Gasteiger partial charge in [0.15, 0.2) is 5.75 Å². The number of carbonyl (C=O) groups is 1. The van der Waals surface area contributed by atoms with Gasteiger partial charge in [0, 0.05) is 19.2 Å². The lowest BCUT2D eigenvalue weighted by atomic mass is 10.1. The van der Waals surface area contributed by atoms with E-state index in [1.54, 1.807) is 11.8 Å². The predicted octanol–water partition coefficient (Wildman–Crippen LogP) is 2.23. The SMILES string of the molecule is CCOc1cc(/C=C(\C#N)C(=O)N2CCCC2)cc([N+](=O)[O-])c1O. The summed E-state index contributed by atoms with van der Waals surface area (Å²) >= 11 is 0. The van der Waals surface area contributed by atoms with Gasteiger partial charge in [-0.3, -0.25) is 14.9 Å². The Morgan fingerprint density at radius 2 is 2.17 bits per heavy atom. The van der Waals surface area contributed by atoms with Crippen molar-refractivity contribution in [3.8, 4) is 17.6 Å². The van der Waals surface area contributed by atoms with Crippen LogP contribution in [0.2, 0.25) is 0 Å². The topological polar surface area (TPSA) is 117 Å². The fourth-order valence-corrected chi connectivity index (χ4v) is 2.50. The summed E-state index contributed by atoms with van der Waals surface area (Å²) in [7, 11) is 0. The molecule has 1 aromatic carbocycles. The molecule has 0 atom stereocenters. The Balaban J connectivity index is 2.43. The van der Waals surface area contributed by atoms with E-state index in [0.717, 1.165) is 18.9 Å². The molecule has 8 nitrogen and oxygen atoms in total. The summed E-state index contributed by atoms with van der Waals surface area (Å²) in [6, 6.07) is 4.30. The van der Waals surface area contributed by atoms with Crippen LogP contribution in [0.5, 0.6) is 11.5 Å². The van der Waals surface area contributed by atoms with E-state index in [2.05, 4.69) is 0 Å². The zero-order valence-corrected chi connectivity index (χ0v) is 13.2. The van der Waals surface area contributed by atoms with Crippen molar-refractivity contribution in [3.05, 3.63) is 33.4 Å². The van der Waals surface area contributed by atoms with Crippen LogP contribution in [0, 0.1) is 21.4 Å². The van der Waals surface area contributed by atoms with Gasteiger partial charge in [-0.2, -0.15) is 5.26 Å². The molecule has 0 bridgehead atoms. The second-order valence-corrected chi connectivity index (χ2v) is 5.25. The molecule has 1 aliphatic heterocycles. The first-order chi connectivity index (χ1) is 11.5. The average Bonchev–Trinajstić information content (AvgIpc) is 3.09.